The number of anilines is 2. The molecule has 0 unspecified atom stereocenters. The van der Waals surface area contributed by atoms with Gasteiger partial charge in [-0.3, -0.25) is 4.79 Å². The topological polar surface area (TPSA) is 62.2 Å². The zero-order valence-electron chi connectivity index (χ0n) is 8.42. The van der Waals surface area contributed by atoms with Crippen LogP contribution in [0.4, 0.5) is 11.5 Å². The minimum atomic E-state index is 0.196. The van der Waals surface area contributed by atoms with Crippen molar-refractivity contribution in [1.82, 2.24) is 4.98 Å². The normalized spacial score (nSPS) is 9.75. The number of rotatable bonds is 3. The number of hydrogen-bond acceptors (Lipinski definition) is 4. The molecule has 16 heavy (non-hydrogen) atoms. The van der Waals surface area contributed by atoms with Gasteiger partial charge in [0.2, 0.25) is 0 Å². The summed E-state index contributed by atoms with van der Waals surface area (Å²) < 4.78 is 0. The molecule has 4 heteroatoms. The van der Waals surface area contributed by atoms with Crippen LogP contribution in [0.25, 0.3) is 0 Å². The quantitative estimate of drug-likeness (QED) is 0.608. The van der Waals surface area contributed by atoms with Crippen molar-refractivity contribution in [3.05, 3.63) is 48.2 Å². The lowest BCUT2D eigenvalue weighted by Gasteiger charge is -2.06. The Labute approximate surface area is 92.6 Å². The fraction of sp³-hybridized carbons (Fsp3) is 0. The number of hydrogen-bond donors (Lipinski definition) is 2. The Morgan fingerprint density at radius 3 is 2.62 bits per heavy atom. The largest absolute Gasteiger partial charge is 0.508 e. The van der Waals surface area contributed by atoms with E-state index in [1.54, 1.807) is 42.6 Å². The summed E-state index contributed by atoms with van der Waals surface area (Å²) in [4.78, 5) is 14.8. The first-order chi connectivity index (χ1) is 7.79. The van der Waals surface area contributed by atoms with Crippen LogP contribution in [0.15, 0.2) is 42.6 Å². The maximum absolute atomic E-state index is 10.8. The Morgan fingerprint density at radius 2 is 1.94 bits per heavy atom. The number of benzene rings is 1. The van der Waals surface area contributed by atoms with Gasteiger partial charge in [-0.25, -0.2) is 4.98 Å². The van der Waals surface area contributed by atoms with Crippen molar-refractivity contribution in [1.29, 1.82) is 0 Å². The van der Waals surface area contributed by atoms with Gasteiger partial charge in [0.05, 0.1) is 5.56 Å². The van der Waals surface area contributed by atoms with Crippen LogP contribution in [0.5, 0.6) is 5.75 Å². The van der Waals surface area contributed by atoms with Crippen LogP contribution in [0, 0.1) is 0 Å². The van der Waals surface area contributed by atoms with Gasteiger partial charge in [0.25, 0.3) is 0 Å². The molecule has 2 rings (SSSR count). The van der Waals surface area contributed by atoms with Crippen LogP contribution in [-0.4, -0.2) is 16.4 Å². The van der Waals surface area contributed by atoms with Crippen molar-refractivity contribution >= 4 is 17.8 Å². The molecule has 0 spiro atoms. The van der Waals surface area contributed by atoms with E-state index < -0.39 is 0 Å². The van der Waals surface area contributed by atoms with Crippen LogP contribution < -0.4 is 5.32 Å². The summed E-state index contributed by atoms with van der Waals surface area (Å²) >= 11 is 0. The zero-order chi connectivity index (χ0) is 11.4. The predicted octanol–water partition coefficient (Wildman–Crippen LogP) is 2.34. The number of carbonyl (C=O) groups excluding carboxylic acids is 1. The molecule has 1 aromatic heterocycles. The lowest BCUT2D eigenvalue weighted by Crippen LogP contribution is -1.97. The van der Waals surface area contributed by atoms with Crippen LogP contribution >= 0.6 is 0 Å². The number of nitrogens with one attached hydrogen (secondary N) is 1. The third kappa shape index (κ3) is 2.17. The van der Waals surface area contributed by atoms with E-state index in [0.717, 1.165) is 12.0 Å². The molecular weight excluding hydrogens is 204 g/mol. The van der Waals surface area contributed by atoms with E-state index >= 15 is 0 Å². The van der Waals surface area contributed by atoms with E-state index in [1.807, 2.05) is 0 Å². The molecule has 2 aromatic rings. The number of phenolic OH excluding ortho intramolecular Hbond substituents is 1. The molecule has 0 fully saturated rings. The Morgan fingerprint density at radius 1 is 1.19 bits per heavy atom. The highest BCUT2D eigenvalue weighted by Crippen LogP contribution is 2.19. The van der Waals surface area contributed by atoms with E-state index in [1.165, 1.54) is 0 Å². The SMILES string of the molecule is O=Cc1cccnc1Nc1ccc(O)cc1. The number of nitrogens with zero attached hydrogens (tertiary/aromatic N) is 1. The number of aromatic nitrogens is 1. The Bertz CT molecular complexity index is 495. The minimum absolute atomic E-state index is 0.196. The van der Waals surface area contributed by atoms with E-state index in [2.05, 4.69) is 10.3 Å². The lowest BCUT2D eigenvalue weighted by atomic mass is 10.2. The molecule has 0 bridgehead atoms. The fourth-order valence-electron chi connectivity index (χ4n) is 1.30. The van der Waals surface area contributed by atoms with Crippen LogP contribution in [0.3, 0.4) is 0 Å². The Kier molecular flexibility index (Phi) is 2.82. The molecule has 0 aliphatic heterocycles. The highest BCUT2D eigenvalue weighted by molar-refractivity contribution is 5.83. The number of carbonyl (C=O) groups is 1. The van der Waals surface area contributed by atoms with Crippen molar-refractivity contribution < 1.29 is 9.90 Å². The maximum Gasteiger partial charge on any atom is 0.153 e. The van der Waals surface area contributed by atoms with Crippen LogP contribution in [0.1, 0.15) is 10.4 Å². The molecule has 4 nitrogen and oxygen atoms in total. The Balaban J connectivity index is 2.26. The standard InChI is InChI=1S/C12H10N2O2/c15-8-9-2-1-7-13-12(9)14-10-3-5-11(16)6-4-10/h1-8,16H,(H,13,14). The summed E-state index contributed by atoms with van der Waals surface area (Å²) in [6, 6.07) is 9.92. The smallest absolute Gasteiger partial charge is 0.153 e. The molecular formula is C12H10N2O2. The van der Waals surface area contributed by atoms with E-state index in [9.17, 15) is 4.79 Å². The van der Waals surface area contributed by atoms with Crippen LogP contribution in [0.2, 0.25) is 0 Å². The molecule has 80 valence electrons. The van der Waals surface area contributed by atoms with Gasteiger partial charge in [-0.15, -0.1) is 0 Å². The summed E-state index contributed by atoms with van der Waals surface area (Å²) in [5.74, 6) is 0.699. The summed E-state index contributed by atoms with van der Waals surface area (Å²) in [5.41, 5.74) is 1.26. The predicted molar refractivity (Wildman–Crippen MR) is 61.0 cm³/mol. The molecule has 0 aliphatic carbocycles. The first-order valence-corrected chi connectivity index (χ1v) is 4.76. The molecule has 0 aliphatic rings. The van der Waals surface area contributed by atoms with E-state index in [0.29, 0.717) is 11.4 Å². The van der Waals surface area contributed by atoms with Crippen LogP contribution in [-0.2, 0) is 0 Å². The third-order valence-corrected chi connectivity index (χ3v) is 2.10. The molecule has 2 N–H and O–H groups in total. The minimum Gasteiger partial charge on any atom is -0.508 e. The summed E-state index contributed by atoms with van der Waals surface area (Å²) in [6.07, 6.45) is 2.35. The first-order valence-electron chi connectivity index (χ1n) is 4.76. The average Bonchev–Trinajstić information content (AvgIpc) is 2.33. The summed E-state index contributed by atoms with van der Waals surface area (Å²) in [5, 5.41) is 12.1. The highest BCUT2D eigenvalue weighted by atomic mass is 16.3. The third-order valence-electron chi connectivity index (χ3n) is 2.10. The van der Waals surface area contributed by atoms with Crippen molar-refractivity contribution in [3.8, 4) is 5.75 Å². The highest BCUT2D eigenvalue weighted by Gasteiger charge is 2.01. The van der Waals surface area contributed by atoms with Crippen molar-refractivity contribution in [2.75, 3.05) is 5.32 Å². The van der Waals surface area contributed by atoms with Crippen molar-refractivity contribution in [2.24, 2.45) is 0 Å². The molecule has 0 saturated heterocycles. The van der Waals surface area contributed by atoms with Gasteiger partial charge in [0, 0.05) is 11.9 Å². The van der Waals surface area contributed by atoms with Gasteiger partial charge in [0.1, 0.15) is 11.6 Å². The van der Waals surface area contributed by atoms with Gasteiger partial charge < -0.3 is 10.4 Å². The van der Waals surface area contributed by atoms with E-state index in [-0.39, 0.29) is 5.75 Å². The average molecular weight is 214 g/mol. The summed E-state index contributed by atoms with van der Waals surface area (Å²) in [7, 11) is 0. The van der Waals surface area contributed by atoms with Gasteiger partial charge in [-0.05, 0) is 36.4 Å². The zero-order valence-corrected chi connectivity index (χ0v) is 8.42. The first kappa shape index (κ1) is 10.2. The monoisotopic (exact) mass is 214 g/mol. The number of phenols is 1. The van der Waals surface area contributed by atoms with Gasteiger partial charge in [-0.1, -0.05) is 0 Å². The number of pyridine rings is 1. The fourth-order valence-corrected chi connectivity index (χ4v) is 1.30. The number of aromatic hydroxyl groups is 1. The van der Waals surface area contributed by atoms with Gasteiger partial charge >= 0.3 is 0 Å². The maximum atomic E-state index is 10.8. The van der Waals surface area contributed by atoms with Crippen molar-refractivity contribution in [2.45, 2.75) is 0 Å². The molecule has 0 saturated carbocycles. The lowest BCUT2D eigenvalue weighted by molar-refractivity contribution is 0.112. The van der Waals surface area contributed by atoms with Gasteiger partial charge in [-0.2, -0.15) is 0 Å². The second-order valence-corrected chi connectivity index (χ2v) is 3.23. The summed E-state index contributed by atoms with van der Waals surface area (Å²) in [6.45, 7) is 0. The molecule has 0 radical (unpaired) electrons. The molecule has 1 aromatic carbocycles. The number of aldehydes is 1. The second kappa shape index (κ2) is 4.44. The molecule has 0 atom stereocenters. The molecule has 0 amide bonds. The van der Waals surface area contributed by atoms with Gasteiger partial charge in [0.15, 0.2) is 6.29 Å². The molecule has 1 heterocycles. The Hall–Kier alpha value is -2.36. The second-order valence-electron chi connectivity index (χ2n) is 3.23. The van der Waals surface area contributed by atoms with Crippen molar-refractivity contribution in [3.63, 3.8) is 0 Å². The van der Waals surface area contributed by atoms with E-state index in [4.69, 9.17) is 5.11 Å².